The monoisotopic (exact) mass is 271 g/mol. The summed E-state index contributed by atoms with van der Waals surface area (Å²) in [4.78, 5) is 25.4. The van der Waals surface area contributed by atoms with Gasteiger partial charge in [-0.05, 0) is 26.2 Å². The summed E-state index contributed by atoms with van der Waals surface area (Å²) in [5.41, 5.74) is 0. The third kappa shape index (κ3) is 6.02. The quantitative estimate of drug-likeness (QED) is 0.626. The maximum absolute atomic E-state index is 12.1. The van der Waals surface area contributed by atoms with E-state index in [0.717, 1.165) is 25.9 Å². The third-order valence-corrected chi connectivity index (χ3v) is 3.24. The fourth-order valence-corrected chi connectivity index (χ4v) is 2.08. The van der Waals surface area contributed by atoms with Crippen LogP contribution in [0, 0.1) is 0 Å². The highest BCUT2D eigenvalue weighted by atomic mass is 16.5. The van der Waals surface area contributed by atoms with Gasteiger partial charge in [-0.3, -0.25) is 14.9 Å². The lowest BCUT2D eigenvalue weighted by Gasteiger charge is -2.29. The number of amides is 2. The highest BCUT2D eigenvalue weighted by Gasteiger charge is 2.21. The van der Waals surface area contributed by atoms with Gasteiger partial charge in [0.05, 0.1) is 19.2 Å². The van der Waals surface area contributed by atoms with E-state index < -0.39 is 0 Å². The van der Waals surface area contributed by atoms with E-state index in [0.29, 0.717) is 13.2 Å². The summed E-state index contributed by atoms with van der Waals surface area (Å²) in [6, 6.07) is -0.314. The minimum absolute atomic E-state index is 0.0874. The van der Waals surface area contributed by atoms with Gasteiger partial charge in [-0.15, -0.1) is 0 Å². The maximum Gasteiger partial charge on any atom is 0.239 e. The van der Waals surface area contributed by atoms with Gasteiger partial charge < -0.3 is 15.0 Å². The lowest BCUT2D eigenvalue weighted by Crippen LogP contribution is -2.49. The summed E-state index contributed by atoms with van der Waals surface area (Å²) in [5, 5.41) is 5.67. The van der Waals surface area contributed by atoms with Crippen molar-refractivity contribution in [1.29, 1.82) is 0 Å². The second-order valence-electron chi connectivity index (χ2n) is 4.83. The van der Waals surface area contributed by atoms with Crippen molar-refractivity contribution in [2.75, 3.05) is 39.9 Å². The van der Waals surface area contributed by atoms with Gasteiger partial charge in [0.2, 0.25) is 11.8 Å². The van der Waals surface area contributed by atoms with Crippen LogP contribution in [0.25, 0.3) is 0 Å². The van der Waals surface area contributed by atoms with Crippen molar-refractivity contribution >= 4 is 11.8 Å². The van der Waals surface area contributed by atoms with Crippen LogP contribution in [-0.2, 0) is 14.3 Å². The summed E-state index contributed by atoms with van der Waals surface area (Å²) >= 11 is 0. The first-order valence-electron chi connectivity index (χ1n) is 6.93. The molecular formula is C13H25N3O3. The largest absolute Gasteiger partial charge is 0.383 e. The molecule has 0 radical (unpaired) electrons. The van der Waals surface area contributed by atoms with Gasteiger partial charge in [0.25, 0.3) is 0 Å². The molecule has 1 fully saturated rings. The summed E-state index contributed by atoms with van der Waals surface area (Å²) in [5.74, 6) is -0.0280. The Morgan fingerprint density at radius 2 is 1.95 bits per heavy atom. The van der Waals surface area contributed by atoms with E-state index in [4.69, 9.17) is 4.74 Å². The first kappa shape index (κ1) is 15.9. The van der Waals surface area contributed by atoms with Crippen molar-refractivity contribution in [2.45, 2.75) is 32.2 Å². The number of nitrogens with one attached hydrogen (secondary N) is 2. The van der Waals surface area contributed by atoms with Gasteiger partial charge in [0.1, 0.15) is 0 Å². The molecule has 1 unspecified atom stereocenters. The molecule has 0 saturated carbocycles. The number of piperidine rings is 1. The van der Waals surface area contributed by atoms with Crippen LogP contribution in [-0.4, -0.2) is 62.7 Å². The number of ether oxygens (including phenoxy) is 1. The number of nitrogens with zero attached hydrogens (tertiary/aromatic N) is 1. The predicted octanol–water partition coefficient (Wildman–Crippen LogP) is -0.260. The number of likely N-dealkylation sites (tertiary alicyclic amines) is 1. The third-order valence-electron chi connectivity index (χ3n) is 3.24. The van der Waals surface area contributed by atoms with Gasteiger partial charge in [-0.2, -0.15) is 0 Å². The molecule has 1 rings (SSSR count). The number of carbonyl (C=O) groups is 2. The van der Waals surface area contributed by atoms with Crippen LogP contribution in [0.2, 0.25) is 0 Å². The second-order valence-corrected chi connectivity index (χ2v) is 4.83. The van der Waals surface area contributed by atoms with Crippen LogP contribution in [0.3, 0.4) is 0 Å². The van der Waals surface area contributed by atoms with Crippen molar-refractivity contribution in [3.05, 3.63) is 0 Å². The van der Waals surface area contributed by atoms with Crippen LogP contribution in [0.5, 0.6) is 0 Å². The van der Waals surface area contributed by atoms with E-state index >= 15 is 0 Å². The number of hydrogen-bond donors (Lipinski definition) is 2. The maximum atomic E-state index is 12.1. The summed E-state index contributed by atoms with van der Waals surface area (Å²) in [7, 11) is 1.59. The van der Waals surface area contributed by atoms with Crippen LogP contribution in [0.1, 0.15) is 26.2 Å². The molecule has 0 aliphatic carbocycles. The minimum Gasteiger partial charge on any atom is -0.383 e. The topological polar surface area (TPSA) is 70.7 Å². The Kier molecular flexibility index (Phi) is 7.43. The Hall–Kier alpha value is -1.14. The lowest BCUT2D eigenvalue weighted by atomic mass is 10.1. The number of hydrogen-bond acceptors (Lipinski definition) is 4. The SMILES string of the molecule is COCCNC(=O)CNC(C)C(=O)N1CCCCC1. The Balaban J connectivity index is 2.20. The molecule has 1 heterocycles. The Bertz CT molecular complexity index is 291. The first-order chi connectivity index (χ1) is 9.15. The molecule has 6 nitrogen and oxygen atoms in total. The van der Waals surface area contributed by atoms with Gasteiger partial charge >= 0.3 is 0 Å². The highest BCUT2D eigenvalue weighted by Crippen LogP contribution is 2.09. The standard InChI is InChI=1S/C13H25N3O3/c1-11(13(18)16-7-4-3-5-8-16)15-10-12(17)14-6-9-19-2/h11,15H,3-10H2,1-2H3,(H,14,17). The molecule has 1 atom stereocenters. The normalized spacial score (nSPS) is 17.1. The van der Waals surface area contributed by atoms with Gasteiger partial charge in [0.15, 0.2) is 0 Å². The van der Waals surface area contributed by atoms with Gasteiger partial charge in [0, 0.05) is 26.7 Å². The molecule has 0 spiro atoms. The molecule has 0 aromatic carbocycles. The molecule has 6 heteroatoms. The zero-order valence-electron chi connectivity index (χ0n) is 11.9. The predicted molar refractivity (Wildman–Crippen MR) is 72.8 cm³/mol. The fraction of sp³-hybridized carbons (Fsp3) is 0.846. The molecule has 110 valence electrons. The number of rotatable bonds is 7. The highest BCUT2D eigenvalue weighted by molar-refractivity contribution is 5.83. The molecule has 1 aliphatic rings. The summed E-state index contributed by atoms with van der Waals surface area (Å²) < 4.78 is 4.84. The van der Waals surface area contributed by atoms with E-state index in [9.17, 15) is 9.59 Å². The van der Waals surface area contributed by atoms with Crippen LogP contribution in [0.4, 0.5) is 0 Å². The van der Waals surface area contributed by atoms with Crippen molar-refractivity contribution < 1.29 is 14.3 Å². The molecule has 2 amide bonds. The molecule has 0 aromatic heterocycles. The zero-order valence-corrected chi connectivity index (χ0v) is 11.9. The Morgan fingerprint density at radius 1 is 1.26 bits per heavy atom. The zero-order chi connectivity index (χ0) is 14.1. The number of carbonyl (C=O) groups excluding carboxylic acids is 2. The van der Waals surface area contributed by atoms with E-state index in [2.05, 4.69) is 10.6 Å². The smallest absolute Gasteiger partial charge is 0.239 e. The Morgan fingerprint density at radius 3 is 2.58 bits per heavy atom. The molecule has 2 N–H and O–H groups in total. The van der Waals surface area contributed by atoms with E-state index in [1.807, 2.05) is 4.90 Å². The van der Waals surface area contributed by atoms with Crippen molar-refractivity contribution in [1.82, 2.24) is 15.5 Å². The van der Waals surface area contributed by atoms with Gasteiger partial charge in [-0.25, -0.2) is 0 Å². The second kappa shape index (κ2) is 8.87. The van der Waals surface area contributed by atoms with Crippen molar-refractivity contribution in [3.8, 4) is 0 Å². The van der Waals surface area contributed by atoms with Gasteiger partial charge in [-0.1, -0.05) is 0 Å². The Labute approximate surface area is 114 Å². The van der Waals surface area contributed by atoms with Crippen LogP contribution >= 0.6 is 0 Å². The molecule has 1 aliphatic heterocycles. The minimum atomic E-state index is -0.314. The molecule has 0 bridgehead atoms. The summed E-state index contributed by atoms with van der Waals surface area (Å²) in [6.07, 6.45) is 3.36. The van der Waals surface area contributed by atoms with Crippen molar-refractivity contribution in [2.24, 2.45) is 0 Å². The average Bonchev–Trinajstić information content (AvgIpc) is 2.45. The molecule has 19 heavy (non-hydrogen) atoms. The average molecular weight is 271 g/mol. The molecule has 0 aromatic rings. The van der Waals surface area contributed by atoms with E-state index in [-0.39, 0.29) is 24.4 Å². The molecule has 1 saturated heterocycles. The lowest BCUT2D eigenvalue weighted by molar-refractivity contribution is -0.134. The van der Waals surface area contributed by atoms with Crippen molar-refractivity contribution in [3.63, 3.8) is 0 Å². The molecular weight excluding hydrogens is 246 g/mol. The van der Waals surface area contributed by atoms with Crippen LogP contribution in [0.15, 0.2) is 0 Å². The number of methoxy groups -OCH3 is 1. The first-order valence-corrected chi connectivity index (χ1v) is 6.93. The van der Waals surface area contributed by atoms with E-state index in [1.54, 1.807) is 14.0 Å². The fourth-order valence-electron chi connectivity index (χ4n) is 2.08. The van der Waals surface area contributed by atoms with Crippen LogP contribution < -0.4 is 10.6 Å². The van der Waals surface area contributed by atoms with E-state index in [1.165, 1.54) is 6.42 Å². The summed E-state index contributed by atoms with van der Waals surface area (Å²) in [6.45, 7) is 4.62.